The maximum atomic E-state index is 10.9. The molecule has 0 aliphatic heterocycles. The summed E-state index contributed by atoms with van der Waals surface area (Å²) in [5, 5.41) is 9.65. The minimum atomic E-state index is -0.918. The monoisotopic (exact) mass is 334 g/mol. The molecule has 1 N–H and O–H groups in total. The van der Waals surface area contributed by atoms with Crippen molar-refractivity contribution in [1.29, 1.82) is 0 Å². The maximum Gasteiger partial charge on any atom is 0.335 e. The highest BCUT2D eigenvalue weighted by Crippen LogP contribution is 2.26. The largest absolute Gasteiger partial charge is 0.478 e. The predicted molar refractivity (Wildman–Crippen MR) is 99.2 cm³/mol. The van der Waals surface area contributed by atoms with Gasteiger partial charge in [0.05, 0.1) is 5.56 Å². The van der Waals surface area contributed by atoms with E-state index in [1.165, 1.54) is 0 Å². The number of benzene rings is 3. The van der Waals surface area contributed by atoms with E-state index in [0.717, 1.165) is 22.3 Å². The van der Waals surface area contributed by atoms with E-state index in [9.17, 15) is 4.79 Å². The van der Waals surface area contributed by atoms with Crippen molar-refractivity contribution in [2.75, 3.05) is 0 Å². The quantitative estimate of drug-likeness (QED) is 0.605. The zero-order valence-electron chi connectivity index (χ0n) is 12.8. The van der Waals surface area contributed by atoms with E-state index in [2.05, 4.69) is 6.07 Å². The van der Waals surface area contributed by atoms with Crippen molar-refractivity contribution in [3.8, 4) is 11.1 Å². The third-order valence-corrected chi connectivity index (χ3v) is 3.98. The van der Waals surface area contributed by atoms with Crippen LogP contribution in [0.1, 0.15) is 21.5 Å². The van der Waals surface area contributed by atoms with Gasteiger partial charge >= 0.3 is 5.97 Å². The summed E-state index contributed by atoms with van der Waals surface area (Å²) in [6.07, 6.45) is 4.00. The summed E-state index contributed by atoms with van der Waals surface area (Å²) in [6.45, 7) is 0. The summed E-state index contributed by atoms with van der Waals surface area (Å²) in [6, 6.07) is 22.7. The summed E-state index contributed by atoms with van der Waals surface area (Å²) in [5.41, 5.74) is 4.54. The summed E-state index contributed by atoms with van der Waals surface area (Å²) in [5.74, 6) is -0.918. The number of aromatic carboxylic acids is 1. The van der Waals surface area contributed by atoms with Crippen LogP contribution in [-0.2, 0) is 0 Å². The molecule has 24 heavy (non-hydrogen) atoms. The zero-order valence-corrected chi connectivity index (χ0v) is 13.6. The van der Waals surface area contributed by atoms with Gasteiger partial charge in [-0.3, -0.25) is 0 Å². The van der Waals surface area contributed by atoms with Crippen molar-refractivity contribution in [2.24, 2.45) is 0 Å². The molecule has 0 radical (unpaired) electrons. The third-order valence-electron chi connectivity index (χ3n) is 3.73. The Balaban J connectivity index is 1.90. The van der Waals surface area contributed by atoms with Gasteiger partial charge < -0.3 is 5.11 Å². The molecule has 3 aromatic carbocycles. The molecule has 2 nitrogen and oxygen atoms in total. The highest BCUT2D eigenvalue weighted by Gasteiger charge is 2.03. The lowest BCUT2D eigenvalue weighted by molar-refractivity contribution is 0.0697. The Morgan fingerprint density at radius 1 is 0.833 bits per heavy atom. The van der Waals surface area contributed by atoms with Gasteiger partial charge in [0.2, 0.25) is 0 Å². The standard InChI is InChI=1S/C21H15ClO2/c22-19-13-11-17(12-14-19)20-4-2-1-3-16(20)8-5-15-6-9-18(10-7-15)21(23)24/h1-14H,(H,23,24). The lowest BCUT2D eigenvalue weighted by Gasteiger charge is -2.06. The number of hydrogen-bond donors (Lipinski definition) is 1. The normalized spacial score (nSPS) is 10.9. The second kappa shape index (κ2) is 7.16. The highest BCUT2D eigenvalue weighted by molar-refractivity contribution is 6.30. The second-order valence-electron chi connectivity index (χ2n) is 5.35. The molecule has 0 amide bonds. The molecule has 0 aliphatic rings. The molecule has 0 saturated carbocycles. The number of halogens is 1. The Bertz CT molecular complexity index is 878. The molecule has 0 aromatic heterocycles. The van der Waals surface area contributed by atoms with Crippen molar-refractivity contribution in [1.82, 2.24) is 0 Å². The van der Waals surface area contributed by atoms with Crippen molar-refractivity contribution >= 4 is 29.7 Å². The van der Waals surface area contributed by atoms with Crippen molar-refractivity contribution in [3.05, 3.63) is 94.5 Å². The van der Waals surface area contributed by atoms with Crippen molar-refractivity contribution in [2.45, 2.75) is 0 Å². The molecule has 0 atom stereocenters. The van der Waals surface area contributed by atoms with Crippen LogP contribution < -0.4 is 0 Å². The van der Waals surface area contributed by atoms with Gasteiger partial charge in [-0.2, -0.15) is 0 Å². The summed E-state index contributed by atoms with van der Waals surface area (Å²) < 4.78 is 0. The van der Waals surface area contributed by atoms with Gasteiger partial charge in [0.15, 0.2) is 0 Å². The average molecular weight is 335 g/mol. The highest BCUT2D eigenvalue weighted by atomic mass is 35.5. The molecule has 3 aromatic rings. The number of carboxylic acid groups (broad SMARTS) is 1. The lowest BCUT2D eigenvalue weighted by atomic mass is 9.99. The minimum Gasteiger partial charge on any atom is -0.478 e. The molecule has 0 fully saturated rings. The minimum absolute atomic E-state index is 0.286. The van der Waals surface area contributed by atoms with Gasteiger partial charge in [-0.25, -0.2) is 4.79 Å². The molecule has 0 spiro atoms. The molecule has 0 saturated heterocycles. The first-order valence-corrected chi connectivity index (χ1v) is 7.88. The fraction of sp³-hybridized carbons (Fsp3) is 0. The van der Waals surface area contributed by atoms with E-state index in [0.29, 0.717) is 5.02 Å². The van der Waals surface area contributed by atoms with E-state index in [1.54, 1.807) is 24.3 Å². The van der Waals surface area contributed by atoms with Gasteiger partial charge in [-0.1, -0.05) is 72.3 Å². The molecule has 0 unspecified atom stereocenters. The molecular weight excluding hydrogens is 320 g/mol. The Hall–Kier alpha value is -2.84. The van der Waals surface area contributed by atoms with Crippen molar-refractivity contribution < 1.29 is 9.90 Å². The van der Waals surface area contributed by atoms with E-state index in [1.807, 2.05) is 54.6 Å². The number of carboxylic acids is 1. The van der Waals surface area contributed by atoms with Crippen LogP contribution in [0.3, 0.4) is 0 Å². The first-order chi connectivity index (χ1) is 11.6. The second-order valence-corrected chi connectivity index (χ2v) is 5.79. The van der Waals surface area contributed by atoms with E-state index in [-0.39, 0.29) is 5.56 Å². The Morgan fingerprint density at radius 3 is 2.17 bits per heavy atom. The van der Waals surface area contributed by atoms with E-state index >= 15 is 0 Å². The summed E-state index contributed by atoms with van der Waals surface area (Å²) in [7, 11) is 0. The van der Waals surface area contributed by atoms with Crippen LogP contribution in [0.4, 0.5) is 0 Å². The van der Waals surface area contributed by atoms with Gasteiger partial charge in [-0.15, -0.1) is 0 Å². The maximum absolute atomic E-state index is 10.9. The Kier molecular flexibility index (Phi) is 4.78. The summed E-state index contributed by atoms with van der Waals surface area (Å²) >= 11 is 5.96. The smallest absolute Gasteiger partial charge is 0.335 e. The van der Waals surface area contributed by atoms with Crippen LogP contribution in [0, 0.1) is 0 Å². The van der Waals surface area contributed by atoms with Crippen molar-refractivity contribution in [3.63, 3.8) is 0 Å². The topological polar surface area (TPSA) is 37.3 Å². The molecule has 0 bridgehead atoms. The fourth-order valence-corrected chi connectivity index (χ4v) is 2.58. The fourth-order valence-electron chi connectivity index (χ4n) is 2.46. The van der Waals surface area contributed by atoms with E-state index < -0.39 is 5.97 Å². The molecule has 3 heteroatoms. The van der Waals surface area contributed by atoms with Gasteiger partial charge in [0, 0.05) is 5.02 Å². The molecule has 0 heterocycles. The van der Waals surface area contributed by atoms with Crippen LogP contribution >= 0.6 is 11.6 Å². The lowest BCUT2D eigenvalue weighted by Crippen LogP contribution is -1.94. The molecular formula is C21H15ClO2. The van der Waals surface area contributed by atoms with Gasteiger partial charge in [0.1, 0.15) is 0 Å². The first-order valence-electron chi connectivity index (χ1n) is 7.50. The average Bonchev–Trinajstić information content (AvgIpc) is 2.61. The number of carbonyl (C=O) groups is 1. The zero-order chi connectivity index (χ0) is 16.9. The Labute approximate surface area is 145 Å². The summed E-state index contributed by atoms with van der Waals surface area (Å²) in [4.78, 5) is 10.9. The number of rotatable bonds is 4. The SMILES string of the molecule is O=C(O)c1ccc(C=Cc2ccccc2-c2ccc(Cl)cc2)cc1. The predicted octanol–water partition coefficient (Wildman–Crippen LogP) is 5.88. The third kappa shape index (κ3) is 3.73. The van der Waals surface area contributed by atoms with Crippen LogP contribution in [0.2, 0.25) is 5.02 Å². The van der Waals surface area contributed by atoms with Crippen LogP contribution in [-0.4, -0.2) is 11.1 Å². The van der Waals surface area contributed by atoms with Crippen LogP contribution in [0.15, 0.2) is 72.8 Å². The van der Waals surface area contributed by atoms with Crippen LogP contribution in [0.5, 0.6) is 0 Å². The van der Waals surface area contributed by atoms with Crippen LogP contribution in [0.25, 0.3) is 23.3 Å². The van der Waals surface area contributed by atoms with E-state index in [4.69, 9.17) is 16.7 Å². The molecule has 0 aliphatic carbocycles. The molecule has 3 rings (SSSR count). The van der Waals surface area contributed by atoms with Gasteiger partial charge in [-0.05, 0) is 46.5 Å². The molecule has 118 valence electrons. The first kappa shape index (κ1) is 16.0. The Morgan fingerprint density at radius 2 is 1.50 bits per heavy atom. The number of hydrogen-bond acceptors (Lipinski definition) is 1. The van der Waals surface area contributed by atoms with Gasteiger partial charge in [0.25, 0.3) is 0 Å².